The fourth-order valence-corrected chi connectivity index (χ4v) is 3.03. The summed E-state index contributed by atoms with van der Waals surface area (Å²) in [5, 5.41) is 13.5. The molecule has 0 bridgehead atoms. The number of nitriles is 1. The molecule has 0 unspecified atom stereocenters. The van der Waals surface area contributed by atoms with Crippen LogP contribution in [0.15, 0.2) is 60.8 Å². The van der Waals surface area contributed by atoms with Gasteiger partial charge in [-0.05, 0) is 41.3 Å². The molecule has 5 nitrogen and oxygen atoms in total. The Kier molecular flexibility index (Phi) is 5.08. The molecule has 0 amide bonds. The van der Waals surface area contributed by atoms with E-state index in [4.69, 9.17) is 4.74 Å². The van der Waals surface area contributed by atoms with Crippen LogP contribution in [0.5, 0.6) is 5.75 Å². The van der Waals surface area contributed by atoms with Gasteiger partial charge in [0, 0.05) is 42.0 Å². The number of hydrogen-bond acceptors (Lipinski definition) is 4. The number of rotatable bonds is 6. The number of aromatic amines is 1. The molecule has 2 N–H and O–H groups in total. The summed E-state index contributed by atoms with van der Waals surface area (Å²) in [5.74, 6) is -0.346. The third-order valence-electron chi connectivity index (χ3n) is 4.32. The molecule has 0 aliphatic rings. The highest BCUT2D eigenvalue weighted by molar-refractivity contribution is 5.83. The van der Waals surface area contributed by atoms with Gasteiger partial charge in [-0.2, -0.15) is 5.26 Å². The summed E-state index contributed by atoms with van der Waals surface area (Å²) in [6.45, 7) is 0.200. The summed E-state index contributed by atoms with van der Waals surface area (Å²) in [4.78, 5) is 7.38. The zero-order chi connectivity index (χ0) is 20.2. The molecule has 0 atom stereocenters. The van der Waals surface area contributed by atoms with E-state index in [0.29, 0.717) is 23.6 Å². The third kappa shape index (κ3) is 4.50. The van der Waals surface area contributed by atoms with Gasteiger partial charge in [0.05, 0.1) is 6.61 Å². The standard InChI is InChI=1S/C22H16F2N4O/c23-16-7-14(8-17(24)9-16)4-6-29-20-10-19(13-25)28-22(12-20)27-18-2-1-15-3-5-26-21(15)11-18/h1-3,5,7-12,26H,4,6H2,(H,27,28). The fraction of sp³-hybridized carbons (Fsp3) is 0.0909. The van der Waals surface area contributed by atoms with Crippen molar-refractivity contribution in [2.45, 2.75) is 6.42 Å². The normalized spacial score (nSPS) is 10.7. The smallest absolute Gasteiger partial charge is 0.146 e. The van der Waals surface area contributed by atoms with Crippen LogP contribution in [0.4, 0.5) is 20.3 Å². The van der Waals surface area contributed by atoms with Crippen LogP contribution in [0.25, 0.3) is 10.9 Å². The Bertz CT molecular complexity index is 1190. The Labute approximate surface area is 165 Å². The molecule has 0 saturated heterocycles. The number of pyridine rings is 1. The van der Waals surface area contributed by atoms with E-state index in [1.807, 2.05) is 36.5 Å². The van der Waals surface area contributed by atoms with Crippen LogP contribution < -0.4 is 10.1 Å². The van der Waals surface area contributed by atoms with Crippen molar-refractivity contribution in [3.8, 4) is 11.8 Å². The Morgan fingerprint density at radius 2 is 1.86 bits per heavy atom. The lowest BCUT2D eigenvalue weighted by atomic mass is 10.1. The van der Waals surface area contributed by atoms with Crippen molar-refractivity contribution in [1.29, 1.82) is 5.26 Å². The molecule has 2 heterocycles. The highest BCUT2D eigenvalue weighted by Gasteiger charge is 2.07. The quantitative estimate of drug-likeness (QED) is 0.482. The minimum atomic E-state index is -0.624. The van der Waals surface area contributed by atoms with E-state index in [1.54, 1.807) is 6.07 Å². The molecular formula is C22H16F2N4O. The Hall–Kier alpha value is -3.92. The van der Waals surface area contributed by atoms with E-state index in [2.05, 4.69) is 15.3 Å². The van der Waals surface area contributed by atoms with Gasteiger partial charge in [-0.1, -0.05) is 6.07 Å². The monoisotopic (exact) mass is 390 g/mol. The molecule has 0 spiro atoms. The predicted octanol–water partition coefficient (Wildman–Crippen LogP) is 5.08. The lowest BCUT2D eigenvalue weighted by molar-refractivity contribution is 0.321. The topological polar surface area (TPSA) is 73.7 Å². The van der Waals surface area contributed by atoms with Crippen LogP contribution in [0, 0.1) is 23.0 Å². The number of ether oxygens (including phenoxy) is 1. The molecule has 4 rings (SSSR count). The van der Waals surface area contributed by atoms with Crippen molar-refractivity contribution in [1.82, 2.24) is 9.97 Å². The average Bonchev–Trinajstić information content (AvgIpc) is 3.15. The lowest BCUT2D eigenvalue weighted by Gasteiger charge is -2.10. The number of anilines is 2. The van der Waals surface area contributed by atoms with E-state index >= 15 is 0 Å². The van der Waals surface area contributed by atoms with Crippen molar-refractivity contribution in [2.24, 2.45) is 0 Å². The zero-order valence-electron chi connectivity index (χ0n) is 15.2. The van der Waals surface area contributed by atoms with Gasteiger partial charge in [0.25, 0.3) is 0 Å². The third-order valence-corrected chi connectivity index (χ3v) is 4.32. The van der Waals surface area contributed by atoms with Gasteiger partial charge < -0.3 is 15.0 Å². The predicted molar refractivity (Wildman–Crippen MR) is 106 cm³/mol. The number of H-pyrrole nitrogens is 1. The first kappa shape index (κ1) is 18.4. The molecule has 2 aromatic carbocycles. The number of aromatic nitrogens is 2. The van der Waals surface area contributed by atoms with E-state index < -0.39 is 11.6 Å². The minimum absolute atomic E-state index is 0.197. The van der Waals surface area contributed by atoms with Crippen LogP contribution in [0.1, 0.15) is 11.3 Å². The van der Waals surface area contributed by atoms with Crippen molar-refractivity contribution in [3.05, 3.63) is 83.7 Å². The van der Waals surface area contributed by atoms with Gasteiger partial charge in [-0.15, -0.1) is 0 Å². The average molecular weight is 390 g/mol. The second kappa shape index (κ2) is 7.98. The van der Waals surface area contributed by atoms with E-state index in [-0.39, 0.29) is 12.3 Å². The van der Waals surface area contributed by atoms with Crippen LogP contribution >= 0.6 is 0 Å². The van der Waals surface area contributed by atoms with Gasteiger partial charge >= 0.3 is 0 Å². The zero-order valence-corrected chi connectivity index (χ0v) is 15.2. The molecule has 0 radical (unpaired) electrons. The van der Waals surface area contributed by atoms with Gasteiger partial charge in [0.15, 0.2) is 0 Å². The molecule has 7 heteroatoms. The number of halogens is 2. The number of nitrogens with one attached hydrogen (secondary N) is 2. The number of benzene rings is 2. The molecule has 0 fully saturated rings. The van der Waals surface area contributed by atoms with Crippen LogP contribution in [-0.2, 0) is 6.42 Å². The van der Waals surface area contributed by atoms with Crippen molar-refractivity contribution >= 4 is 22.4 Å². The van der Waals surface area contributed by atoms with Crippen LogP contribution in [-0.4, -0.2) is 16.6 Å². The second-order valence-corrected chi connectivity index (χ2v) is 6.47. The molecule has 2 aromatic heterocycles. The van der Waals surface area contributed by atoms with Crippen LogP contribution in [0.3, 0.4) is 0 Å². The summed E-state index contributed by atoms with van der Waals surface area (Å²) >= 11 is 0. The first-order chi connectivity index (χ1) is 14.1. The largest absolute Gasteiger partial charge is 0.493 e. The molecule has 4 aromatic rings. The van der Waals surface area contributed by atoms with Crippen molar-refractivity contribution in [2.75, 3.05) is 11.9 Å². The summed E-state index contributed by atoms with van der Waals surface area (Å²) in [6, 6.07) is 16.4. The highest BCUT2D eigenvalue weighted by Crippen LogP contribution is 2.24. The Morgan fingerprint density at radius 1 is 1.03 bits per heavy atom. The maximum absolute atomic E-state index is 13.3. The first-order valence-electron chi connectivity index (χ1n) is 8.93. The summed E-state index contributed by atoms with van der Waals surface area (Å²) in [6.07, 6.45) is 2.19. The molecule has 144 valence electrons. The number of hydrogen-bond donors (Lipinski definition) is 2. The molecule has 0 aliphatic heterocycles. The molecular weight excluding hydrogens is 374 g/mol. The first-order valence-corrected chi connectivity index (χ1v) is 8.93. The Morgan fingerprint density at radius 3 is 2.66 bits per heavy atom. The van der Waals surface area contributed by atoms with Crippen molar-refractivity contribution < 1.29 is 13.5 Å². The second-order valence-electron chi connectivity index (χ2n) is 6.47. The SMILES string of the molecule is N#Cc1cc(OCCc2cc(F)cc(F)c2)cc(Nc2ccc3cc[nH]c3c2)n1. The maximum Gasteiger partial charge on any atom is 0.146 e. The van der Waals surface area contributed by atoms with Gasteiger partial charge in [0.1, 0.15) is 35.0 Å². The Balaban J connectivity index is 1.48. The summed E-state index contributed by atoms with van der Waals surface area (Å²) in [7, 11) is 0. The fourth-order valence-electron chi connectivity index (χ4n) is 3.03. The highest BCUT2D eigenvalue weighted by atomic mass is 19.1. The molecule has 29 heavy (non-hydrogen) atoms. The summed E-state index contributed by atoms with van der Waals surface area (Å²) in [5.41, 5.74) is 2.48. The van der Waals surface area contributed by atoms with Crippen LogP contribution in [0.2, 0.25) is 0 Å². The van der Waals surface area contributed by atoms with Gasteiger partial charge in [0.2, 0.25) is 0 Å². The minimum Gasteiger partial charge on any atom is -0.493 e. The lowest BCUT2D eigenvalue weighted by Crippen LogP contribution is -2.04. The number of nitrogens with zero attached hydrogens (tertiary/aromatic N) is 2. The van der Waals surface area contributed by atoms with Gasteiger partial charge in [-0.3, -0.25) is 0 Å². The van der Waals surface area contributed by atoms with E-state index in [9.17, 15) is 14.0 Å². The van der Waals surface area contributed by atoms with Gasteiger partial charge in [-0.25, -0.2) is 13.8 Å². The maximum atomic E-state index is 13.3. The molecule has 0 aliphatic carbocycles. The number of fused-ring (bicyclic) bond motifs is 1. The molecule has 0 saturated carbocycles. The summed E-state index contributed by atoms with van der Waals surface area (Å²) < 4.78 is 32.2. The van der Waals surface area contributed by atoms with E-state index in [1.165, 1.54) is 18.2 Å². The van der Waals surface area contributed by atoms with E-state index in [0.717, 1.165) is 22.7 Å². The van der Waals surface area contributed by atoms with Crippen molar-refractivity contribution in [3.63, 3.8) is 0 Å².